The molecule has 0 fully saturated rings. The molecule has 0 aliphatic heterocycles. The maximum atomic E-state index is 12.1. The van der Waals surface area contributed by atoms with Crippen molar-refractivity contribution in [2.75, 3.05) is 7.11 Å². The maximum Gasteiger partial charge on any atom is 0.338 e. The normalized spacial score (nSPS) is 12.1. The number of methoxy groups -OCH3 is 1. The topological polar surface area (TPSA) is 89.9 Å². The lowest BCUT2D eigenvalue weighted by Gasteiger charge is -2.19. The zero-order valence-electron chi connectivity index (χ0n) is 17.8. The highest BCUT2D eigenvalue weighted by Gasteiger charge is 2.20. The molecular formula is C24H28O6. The van der Waals surface area contributed by atoms with E-state index in [1.807, 2.05) is 32.9 Å². The van der Waals surface area contributed by atoms with Gasteiger partial charge >= 0.3 is 17.9 Å². The Bertz CT molecular complexity index is 875. The molecule has 1 atom stereocenters. The minimum atomic E-state index is -0.864. The van der Waals surface area contributed by atoms with Gasteiger partial charge in [0.2, 0.25) is 0 Å². The van der Waals surface area contributed by atoms with E-state index in [0.717, 1.165) is 11.1 Å². The van der Waals surface area contributed by atoms with E-state index in [0.29, 0.717) is 30.4 Å². The zero-order chi connectivity index (χ0) is 22.3. The first-order valence-electron chi connectivity index (χ1n) is 9.81. The van der Waals surface area contributed by atoms with Crippen LogP contribution in [0.2, 0.25) is 0 Å². The summed E-state index contributed by atoms with van der Waals surface area (Å²) in [7, 11) is 1.32. The first kappa shape index (κ1) is 23.1. The minimum Gasteiger partial charge on any atom is -0.481 e. The highest BCUT2D eigenvalue weighted by Crippen LogP contribution is 2.18. The summed E-state index contributed by atoms with van der Waals surface area (Å²) in [6.45, 7) is 5.44. The molecule has 0 radical (unpaired) electrons. The number of benzene rings is 2. The molecule has 2 rings (SSSR count). The summed E-state index contributed by atoms with van der Waals surface area (Å²) in [6.07, 6.45) is 1.40. The number of carbonyl (C=O) groups is 3. The number of carboxylic acid groups (broad SMARTS) is 1. The number of carbonyl (C=O) groups excluding carboxylic acids is 2. The van der Waals surface area contributed by atoms with Crippen LogP contribution in [0.4, 0.5) is 0 Å². The predicted octanol–water partition coefficient (Wildman–Crippen LogP) is 4.30. The Morgan fingerprint density at radius 2 is 1.37 bits per heavy atom. The van der Waals surface area contributed by atoms with Crippen LogP contribution in [0.25, 0.3) is 0 Å². The van der Waals surface area contributed by atoms with Crippen molar-refractivity contribution in [1.82, 2.24) is 0 Å². The third kappa shape index (κ3) is 7.03. The number of hydrogen-bond donors (Lipinski definition) is 1. The summed E-state index contributed by atoms with van der Waals surface area (Å²) in [6, 6.07) is 13.8. The fourth-order valence-electron chi connectivity index (χ4n) is 2.98. The largest absolute Gasteiger partial charge is 0.481 e. The number of carboxylic acids is 1. The van der Waals surface area contributed by atoms with Crippen molar-refractivity contribution in [3.8, 4) is 0 Å². The van der Waals surface area contributed by atoms with Gasteiger partial charge in [0.15, 0.2) is 0 Å². The van der Waals surface area contributed by atoms with E-state index in [1.165, 1.54) is 7.11 Å². The lowest BCUT2D eigenvalue weighted by molar-refractivity contribution is -0.141. The highest BCUT2D eigenvalue weighted by atomic mass is 16.6. The Kier molecular flexibility index (Phi) is 7.75. The van der Waals surface area contributed by atoms with Crippen molar-refractivity contribution >= 4 is 17.9 Å². The van der Waals surface area contributed by atoms with Crippen LogP contribution in [0.15, 0.2) is 48.5 Å². The molecule has 0 spiro atoms. The van der Waals surface area contributed by atoms with Gasteiger partial charge in [-0.3, -0.25) is 4.79 Å². The van der Waals surface area contributed by atoms with E-state index in [-0.39, 0.29) is 5.97 Å². The van der Waals surface area contributed by atoms with Crippen LogP contribution in [0, 0.1) is 5.92 Å². The Hall–Kier alpha value is -3.15. The lowest BCUT2D eigenvalue weighted by Crippen LogP contribution is -2.23. The fourth-order valence-corrected chi connectivity index (χ4v) is 2.98. The van der Waals surface area contributed by atoms with E-state index >= 15 is 0 Å². The third-order valence-corrected chi connectivity index (χ3v) is 4.58. The number of rotatable bonds is 8. The molecule has 6 heteroatoms. The van der Waals surface area contributed by atoms with Gasteiger partial charge in [-0.1, -0.05) is 24.3 Å². The second-order valence-electron chi connectivity index (χ2n) is 8.17. The average molecular weight is 412 g/mol. The van der Waals surface area contributed by atoms with E-state index < -0.39 is 23.5 Å². The highest BCUT2D eigenvalue weighted by molar-refractivity contribution is 5.90. The summed E-state index contributed by atoms with van der Waals surface area (Å²) in [5, 5.41) is 9.58. The van der Waals surface area contributed by atoms with Crippen LogP contribution in [0.5, 0.6) is 0 Å². The second-order valence-corrected chi connectivity index (χ2v) is 8.17. The van der Waals surface area contributed by atoms with Crippen LogP contribution in [0.3, 0.4) is 0 Å². The van der Waals surface area contributed by atoms with Gasteiger partial charge in [-0.15, -0.1) is 0 Å². The van der Waals surface area contributed by atoms with Crippen molar-refractivity contribution in [2.45, 2.75) is 45.6 Å². The molecule has 0 amide bonds. The van der Waals surface area contributed by atoms with Gasteiger partial charge < -0.3 is 14.6 Å². The SMILES string of the molecule is COC(=O)c1ccc(CC(CCc2ccc(C(=O)OC(C)(C)C)cc2)C(=O)O)cc1. The monoisotopic (exact) mass is 412 g/mol. The molecule has 1 unspecified atom stereocenters. The molecule has 0 bridgehead atoms. The van der Waals surface area contributed by atoms with Crippen LogP contribution < -0.4 is 0 Å². The maximum absolute atomic E-state index is 12.1. The number of esters is 2. The number of hydrogen-bond acceptors (Lipinski definition) is 5. The second kappa shape index (κ2) is 10.1. The van der Waals surface area contributed by atoms with E-state index in [1.54, 1.807) is 36.4 Å². The molecule has 0 saturated carbocycles. The Morgan fingerprint density at radius 3 is 1.83 bits per heavy atom. The van der Waals surface area contributed by atoms with Gasteiger partial charge in [-0.2, -0.15) is 0 Å². The number of ether oxygens (including phenoxy) is 2. The molecule has 0 aliphatic carbocycles. The van der Waals surface area contributed by atoms with Crippen LogP contribution in [-0.4, -0.2) is 35.7 Å². The van der Waals surface area contributed by atoms with Crippen molar-refractivity contribution in [3.63, 3.8) is 0 Å². The summed E-state index contributed by atoms with van der Waals surface area (Å²) in [5.41, 5.74) is 2.14. The van der Waals surface area contributed by atoms with Gasteiger partial charge in [0, 0.05) is 0 Å². The van der Waals surface area contributed by atoms with Crippen molar-refractivity contribution < 1.29 is 29.0 Å². The first-order valence-corrected chi connectivity index (χ1v) is 9.81. The molecule has 2 aromatic rings. The summed E-state index contributed by atoms with van der Waals surface area (Å²) >= 11 is 0. The Labute approximate surface area is 176 Å². The minimum absolute atomic E-state index is 0.368. The van der Waals surface area contributed by atoms with Gasteiger partial charge in [0.05, 0.1) is 24.2 Å². The Balaban J connectivity index is 1.97. The zero-order valence-corrected chi connectivity index (χ0v) is 17.8. The molecule has 2 aromatic carbocycles. The molecular weight excluding hydrogens is 384 g/mol. The third-order valence-electron chi connectivity index (χ3n) is 4.58. The average Bonchev–Trinajstić information content (AvgIpc) is 2.69. The van der Waals surface area contributed by atoms with Crippen LogP contribution in [0.1, 0.15) is 59.0 Å². The molecule has 0 saturated heterocycles. The quantitative estimate of drug-likeness (QED) is 0.650. The molecule has 30 heavy (non-hydrogen) atoms. The van der Waals surface area contributed by atoms with Crippen molar-refractivity contribution in [3.05, 3.63) is 70.8 Å². The van der Waals surface area contributed by atoms with Crippen LogP contribution >= 0.6 is 0 Å². The molecule has 160 valence electrons. The van der Waals surface area contributed by atoms with Gasteiger partial charge in [-0.25, -0.2) is 9.59 Å². The molecule has 0 heterocycles. The first-order chi connectivity index (χ1) is 14.1. The van der Waals surface area contributed by atoms with E-state index in [2.05, 4.69) is 4.74 Å². The summed E-state index contributed by atoms with van der Waals surface area (Å²) in [5.74, 6) is -2.23. The van der Waals surface area contributed by atoms with Gasteiger partial charge in [0.1, 0.15) is 5.60 Å². The Morgan fingerprint density at radius 1 is 0.867 bits per heavy atom. The van der Waals surface area contributed by atoms with E-state index in [4.69, 9.17) is 4.74 Å². The number of aryl methyl sites for hydroxylation is 1. The molecule has 1 N–H and O–H groups in total. The molecule has 0 aliphatic rings. The smallest absolute Gasteiger partial charge is 0.338 e. The van der Waals surface area contributed by atoms with Gasteiger partial charge in [0.25, 0.3) is 0 Å². The van der Waals surface area contributed by atoms with Crippen LogP contribution in [-0.2, 0) is 27.1 Å². The summed E-state index contributed by atoms with van der Waals surface area (Å²) < 4.78 is 10.0. The van der Waals surface area contributed by atoms with Crippen molar-refractivity contribution in [2.24, 2.45) is 5.92 Å². The summed E-state index contributed by atoms with van der Waals surface area (Å²) in [4.78, 5) is 35.3. The molecule has 6 nitrogen and oxygen atoms in total. The lowest BCUT2D eigenvalue weighted by atomic mass is 9.92. The van der Waals surface area contributed by atoms with Gasteiger partial charge in [-0.05, 0) is 75.4 Å². The molecule has 0 aromatic heterocycles. The van der Waals surface area contributed by atoms with Crippen molar-refractivity contribution in [1.29, 1.82) is 0 Å². The van der Waals surface area contributed by atoms with E-state index in [9.17, 15) is 19.5 Å². The fraction of sp³-hybridized carbons (Fsp3) is 0.375. The number of aliphatic carboxylic acids is 1. The predicted molar refractivity (Wildman–Crippen MR) is 113 cm³/mol. The standard InChI is InChI=1S/C24H28O6/c1-24(2,3)30-23(28)19-10-5-16(6-11-19)7-14-20(21(25)26)15-17-8-12-18(13-9-17)22(27)29-4/h5-6,8-13,20H,7,14-15H2,1-4H3,(H,25,26).